The first-order valence-electron chi connectivity index (χ1n) is 5.14. The minimum atomic E-state index is 0.352. The summed E-state index contributed by atoms with van der Waals surface area (Å²) < 4.78 is 5.45. The summed E-state index contributed by atoms with van der Waals surface area (Å²) >= 11 is 1.80. The molecule has 1 aromatic rings. The molecule has 0 aliphatic carbocycles. The van der Waals surface area contributed by atoms with Crippen LogP contribution < -0.4 is 5.32 Å². The Hall–Kier alpha value is -0.380. The Morgan fingerprint density at radius 1 is 1.50 bits per heavy atom. The number of likely N-dealkylation sites (N-methyl/N-ethyl adjacent to an activating group) is 1. The van der Waals surface area contributed by atoms with Gasteiger partial charge >= 0.3 is 0 Å². The lowest BCUT2D eigenvalue weighted by atomic mass is 10.1. The lowest BCUT2D eigenvalue weighted by Gasteiger charge is -2.16. The van der Waals surface area contributed by atoms with Crippen molar-refractivity contribution in [1.29, 1.82) is 0 Å². The molecule has 1 unspecified atom stereocenters. The van der Waals surface area contributed by atoms with Gasteiger partial charge in [-0.3, -0.25) is 0 Å². The van der Waals surface area contributed by atoms with Crippen molar-refractivity contribution in [3.05, 3.63) is 21.9 Å². The van der Waals surface area contributed by atoms with Gasteiger partial charge in [-0.05, 0) is 37.4 Å². The molecule has 14 heavy (non-hydrogen) atoms. The molecule has 3 heteroatoms. The van der Waals surface area contributed by atoms with E-state index in [0.29, 0.717) is 6.04 Å². The highest BCUT2D eigenvalue weighted by Gasteiger charge is 2.10. The highest BCUT2D eigenvalue weighted by Crippen LogP contribution is 2.20. The summed E-state index contributed by atoms with van der Waals surface area (Å²) in [5.41, 5.74) is 1.35. The number of ether oxygens (including phenoxy) is 1. The maximum Gasteiger partial charge on any atom is 0.0661 e. The molecule has 0 amide bonds. The zero-order chi connectivity index (χ0) is 10.4. The molecule has 0 saturated heterocycles. The number of hydrogen-bond donors (Lipinski definition) is 1. The second kappa shape index (κ2) is 6.17. The molecule has 80 valence electrons. The van der Waals surface area contributed by atoms with E-state index >= 15 is 0 Å². The van der Waals surface area contributed by atoms with E-state index in [2.05, 4.69) is 30.6 Å². The maximum absolute atomic E-state index is 5.45. The fourth-order valence-electron chi connectivity index (χ4n) is 1.40. The second-order valence-electron chi connectivity index (χ2n) is 3.26. The van der Waals surface area contributed by atoms with Gasteiger partial charge in [0.15, 0.2) is 0 Å². The van der Waals surface area contributed by atoms with Gasteiger partial charge in [-0.25, -0.2) is 0 Å². The van der Waals surface area contributed by atoms with E-state index in [-0.39, 0.29) is 0 Å². The summed E-state index contributed by atoms with van der Waals surface area (Å²) in [5.74, 6) is 0. The quantitative estimate of drug-likeness (QED) is 0.784. The van der Waals surface area contributed by atoms with Crippen LogP contribution in [0.15, 0.2) is 11.4 Å². The van der Waals surface area contributed by atoms with Crippen molar-refractivity contribution in [2.75, 3.05) is 19.8 Å². The molecule has 0 saturated carbocycles. The number of nitrogens with one attached hydrogen (secondary N) is 1. The monoisotopic (exact) mass is 213 g/mol. The van der Waals surface area contributed by atoms with Gasteiger partial charge in [-0.1, -0.05) is 6.92 Å². The molecule has 1 rings (SSSR count). The molecule has 0 radical (unpaired) electrons. The Balaban J connectivity index is 2.57. The van der Waals surface area contributed by atoms with E-state index in [0.717, 1.165) is 19.8 Å². The predicted octanol–water partition coefficient (Wildman–Crippen LogP) is 2.74. The van der Waals surface area contributed by atoms with Gasteiger partial charge < -0.3 is 10.1 Å². The van der Waals surface area contributed by atoms with Crippen molar-refractivity contribution < 1.29 is 4.74 Å². The topological polar surface area (TPSA) is 21.3 Å². The summed E-state index contributed by atoms with van der Waals surface area (Å²) in [4.78, 5) is 1.36. The highest BCUT2D eigenvalue weighted by molar-refractivity contribution is 7.10. The van der Waals surface area contributed by atoms with Crippen molar-refractivity contribution >= 4 is 11.3 Å². The summed E-state index contributed by atoms with van der Waals surface area (Å²) in [5, 5.41) is 5.64. The summed E-state index contributed by atoms with van der Waals surface area (Å²) in [6.45, 7) is 8.82. The number of aryl methyl sites for hydroxylation is 1. The Morgan fingerprint density at radius 2 is 2.29 bits per heavy atom. The van der Waals surface area contributed by atoms with Crippen LogP contribution in [0.5, 0.6) is 0 Å². The van der Waals surface area contributed by atoms with Crippen LogP contribution in [0, 0.1) is 6.92 Å². The number of rotatable bonds is 6. The zero-order valence-electron chi connectivity index (χ0n) is 9.17. The molecule has 0 aliphatic heterocycles. The Bertz CT molecular complexity index is 260. The van der Waals surface area contributed by atoms with Crippen LogP contribution in [0.4, 0.5) is 0 Å². The molecule has 2 nitrogen and oxygen atoms in total. The average Bonchev–Trinajstić information content (AvgIpc) is 2.59. The smallest absolute Gasteiger partial charge is 0.0661 e. The summed E-state index contributed by atoms with van der Waals surface area (Å²) in [7, 11) is 0. The van der Waals surface area contributed by atoms with Gasteiger partial charge in [0.25, 0.3) is 0 Å². The van der Waals surface area contributed by atoms with Crippen LogP contribution in [-0.4, -0.2) is 19.8 Å². The van der Waals surface area contributed by atoms with E-state index in [1.807, 2.05) is 6.92 Å². The SMILES string of the molecule is CCNC(COCC)c1csc(C)c1. The van der Waals surface area contributed by atoms with Crippen LogP contribution in [0.25, 0.3) is 0 Å². The first-order chi connectivity index (χ1) is 6.77. The van der Waals surface area contributed by atoms with Crippen molar-refractivity contribution in [2.45, 2.75) is 26.8 Å². The fourth-order valence-corrected chi connectivity index (χ4v) is 2.16. The minimum Gasteiger partial charge on any atom is -0.380 e. The molecule has 1 heterocycles. The molecular formula is C11H19NOS. The molecule has 1 N–H and O–H groups in total. The van der Waals surface area contributed by atoms with Crippen LogP contribution in [0.2, 0.25) is 0 Å². The van der Waals surface area contributed by atoms with E-state index in [1.165, 1.54) is 10.4 Å². The zero-order valence-corrected chi connectivity index (χ0v) is 9.99. The van der Waals surface area contributed by atoms with Gasteiger partial charge in [0.05, 0.1) is 12.6 Å². The van der Waals surface area contributed by atoms with Crippen molar-refractivity contribution in [3.63, 3.8) is 0 Å². The second-order valence-corrected chi connectivity index (χ2v) is 4.38. The predicted molar refractivity (Wildman–Crippen MR) is 62.0 cm³/mol. The van der Waals surface area contributed by atoms with E-state index in [1.54, 1.807) is 11.3 Å². The highest BCUT2D eigenvalue weighted by atomic mass is 32.1. The minimum absolute atomic E-state index is 0.352. The molecular weight excluding hydrogens is 194 g/mol. The average molecular weight is 213 g/mol. The van der Waals surface area contributed by atoms with Crippen molar-refractivity contribution in [3.8, 4) is 0 Å². The maximum atomic E-state index is 5.45. The van der Waals surface area contributed by atoms with Crippen LogP contribution in [-0.2, 0) is 4.74 Å². The molecule has 1 atom stereocenters. The molecule has 0 fully saturated rings. The standard InChI is InChI=1S/C11H19NOS/c1-4-12-11(7-13-5-2)10-6-9(3)14-8-10/h6,8,11-12H,4-5,7H2,1-3H3. The first kappa shape index (κ1) is 11.7. The van der Waals surface area contributed by atoms with Crippen LogP contribution >= 0.6 is 11.3 Å². The normalized spacial score (nSPS) is 13.1. The van der Waals surface area contributed by atoms with Crippen LogP contribution in [0.1, 0.15) is 30.3 Å². The molecule has 0 aliphatic rings. The van der Waals surface area contributed by atoms with E-state index < -0.39 is 0 Å². The van der Waals surface area contributed by atoms with Gasteiger partial charge in [0.2, 0.25) is 0 Å². The lowest BCUT2D eigenvalue weighted by Crippen LogP contribution is -2.24. The third-order valence-corrected chi connectivity index (χ3v) is 2.97. The Labute approximate surface area is 90.3 Å². The van der Waals surface area contributed by atoms with Gasteiger partial charge in [-0.2, -0.15) is 0 Å². The molecule has 0 spiro atoms. The Kier molecular flexibility index (Phi) is 5.15. The summed E-state index contributed by atoms with van der Waals surface area (Å²) in [6, 6.07) is 2.58. The molecule has 0 bridgehead atoms. The largest absolute Gasteiger partial charge is 0.380 e. The van der Waals surface area contributed by atoms with Crippen molar-refractivity contribution in [2.24, 2.45) is 0 Å². The lowest BCUT2D eigenvalue weighted by molar-refractivity contribution is 0.123. The van der Waals surface area contributed by atoms with Crippen molar-refractivity contribution in [1.82, 2.24) is 5.32 Å². The van der Waals surface area contributed by atoms with Crippen LogP contribution in [0.3, 0.4) is 0 Å². The van der Waals surface area contributed by atoms with E-state index in [9.17, 15) is 0 Å². The fraction of sp³-hybridized carbons (Fsp3) is 0.636. The third-order valence-electron chi connectivity index (χ3n) is 2.09. The van der Waals surface area contributed by atoms with Gasteiger partial charge in [0.1, 0.15) is 0 Å². The number of thiophene rings is 1. The third kappa shape index (κ3) is 3.40. The summed E-state index contributed by atoms with van der Waals surface area (Å²) in [6.07, 6.45) is 0. The Morgan fingerprint density at radius 3 is 2.79 bits per heavy atom. The molecule has 1 aromatic heterocycles. The number of hydrogen-bond acceptors (Lipinski definition) is 3. The first-order valence-corrected chi connectivity index (χ1v) is 6.02. The van der Waals surface area contributed by atoms with Gasteiger partial charge in [-0.15, -0.1) is 11.3 Å². The van der Waals surface area contributed by atoms with Gasteiger partial charge in [0, 0.05) is 11.5 Å². The van der Waals surface area contributed by atoms with E-state index in [4.69, 9.17) is 4.74 Å². The molecule has 0 aromatic carbocycles.